The molecule has 41 valence electrons. The summed E-state index contributed by atoms with van der Waals surface area (Å²) in [6, 6.07) is 8.95. The van der Waals surface area contributed by atoms with Crippen molar-refractivity contribution in [3.8, 4) is 0 Å². The first-order valence-electron chi connectivity index (χ1n) is 2.12. The summed E-state index contributed by atoms with van der Waals surface area (Å²) in [4.78, 5) is 0. The highest BCUT2D eigenvalue weighted by Gasteiger charge is 1.83. The maximum absolute atomic E-state index is 3.31. The lowest BCUT2D eigenvalue weighted by atomic mass is 10.4. The highest BCUT2D eigenvalue weighted by Crippen LogP contribution is 2.10. The van der Waals surface area contributed by atoms with Gasteiger partial charge in [0.25, 0.3) is 0 Å². The third kappa shape index (κ3) is 1.74. The predicted molar refractivity (Wildman–Crippen MR) is 45.7 cm³/mol. The number of hydrogen-bond donors (Lipinski definition) is 0. The van der Waals surface area contributed by atoms with E-state index in [0.29, 0.717) is 0 Å². The van der Waals surface area contributed by atoms with Crippen LogP contribution in [0, 0.1) is 9.64 Å². The van der Waals surface area contributed by atoms with Gasteiger partial charge in [0.2, 0.25) is 0 Å². The monoisotopic (exact) mass is 281 g/mol. The normalized spacial score (nSPS) is 9.25. The second-order valence-corrected chi connectivity index (χ2v) is 3.43. The largest absolute Gasteiger partial charge is 0.0508 e. The molecule has 0 nitrogen and oxygen atoms in total. The number of hydrogen-bond acceptors (Lipinski definition) is 0. The number of rotatable bonds is 0. The van der Waals surface area contributed by atoms with Gasteiger partial charge >= 0.3 is 0 Å². The molecule has 0 aromatic heterocycles. The van der Waals surface area contributed by atoms with Gasteiger partial charge in [0.15, 0.2) is 0 Å². The van der Waals surface area contributed by atoms with E-state index >= 15 is 0 Å². The minimum atomic E-state index is 1.08. The van der Waals surface area contributed by atoms with Gasteiger partial charge in [0, 0.05) is 8.04 Å². The minimum Gasteiger partial charge on any atom is -0.0508 e. The average molecular weight is 282 g/mol. The van der Waals surface area contributed by atoms with Gasteiger partial charge in [-0.15, -0.1) is 0 Å². The van der Waals surface area contributed by atoms with Gasteiger partial charge in [-0.2, -0.15) is 0 Å². The molecule has 0 aliphatic carbocycles. The third-order valence-corrected chi connectivity index (χ3v) is 1.90. The minimum absolute atomic E-state index is 1.08. The lowest BCUT2D eigenvalue weighted by Gasteiger charge is -1.86. The van der Waals surface area contributed by atoms with E-state index in [9.17, 15) is 0 Å². The van der Waals surface area contributed by atoms with E-state index in [0.717, 1.165) is 8.04 Å². The van der Waals surface area contributed by atoms with Crippen LogP contribution < -0.4 is 0 Å². The standard InChI is InChI=1S/C6H3BrI/c7-5-1-3-6(8)4-2-5/h1-3H. The molecule has 0 saturated carbocycles. The van der Waals surface area contributed by atoms with Crippen LogP contribution in [0.3, 0.4) is 0 Å². The molecule has 0 heterocycles. The Morgan fingerprint density at radius 3 is 2.62 bits per heavy atom. The fourth-order valence-electron chi connectivity index (χ4n) is 0.387. The van der Waals surface area contributed by atoms with Crippen LogP contribution in [-0.4, -0.2) is 0 Å². The highest BCUT2D eigenvalue weighted by atomic mass is 127. The zero-order valence-corrected chi connectivity index (χ0v) is 7.73. The zero-order valence-electron chi connectivity index (χ0n) is 3.99. The van der Waals surface area contributed by atoms with Crippen molar-refractivity contribution in [2.24, 2.45) is 0 Å². The first-order chi connectivity index (χ1) is 3.79. The molecular weight excluding hydrogens is 279 g/mol. The second kappa shape index (κ2) is 2.82. The number of halogens is 2. The van der Waals surface area contributed by atoms with Gasteiger partial charge < -0.3 is 0 Å². The van der Waals surface area contributed by atoms with Crippen LogP contribution in [0.5, 0.6) is 0 Å². The molecule has 1 rings (SSSR count). The van der Waals surface area contributed by atoms with Gasteiger partial charge in [-0.1, -0.05) is 15.9 Å². The van der Waals surface area contributed by atoms with Crippen molar-refractivity contribution in [3.05, 3.63) is 32.3 Å². The molecule has 2 heteroatoms. The maximum atomic E-state index is 3.31. The lowest BCUT2D eigenvalue weighted by molar-refractivity contribution is 1.59. The van der Waals surface area contributed by atoms with E-state index in [-0.39, 0.29) is 0 Å². The van der Waals surface area contributed by atoms with Crippen molar-refractivity contribution >= 4 is 38.5 Å². The van der Waals surface area contributed by atoms with Crippen LogP contribution in [0.15, 0.2) is 22.7 Å². The van der Waals surface area contributed by atoms with Crippen molar-refractivity contribution in [1.29, 1.82) is 0 Å². The van der Waals surface area contributed by atoms with Crippen molar-refractivity contribution in [1.82, 2.24) is 0 Å². The topological polar surface area (TPSA) is 0 Å². The van der Waals surface area contributed by atoms with E-state index < -0.39 is 0 Å². The molecule has 0 aliphatic heterocycles. The Bertz CT molecular complexity index is 147. The summed E-state index contributed by atoms with van der Waals surface area (Å²) in [7, 11) is 0. The molecule has 0 saturated heterocycles. The number of benzene rings is 1. The molecule has 0 bridgehead atoms. The van der Waals surface area contributed by atoms with Crippen LogP contribution in [0.1, 0.15) is 0 Å². The van der Waals surface area contributed by atoms with Crippen molar-refractivity contribution in [3.63, 3.8) is 0 Å². The van der Waals surface area contributed by atoms with Gasteiger partial charge in [-0.25, -0.2) is 0 Å². The summed E-state index contributed by atoms with van der Waals surface area (Å²) in [6.45, 7) is 0. The van der Waals surface area contributed by atoms with Crippen molar-refractivity contribution in [2.45, 2.75) is 0 Å². The summed E-state index contributed by atoms with van der Waals surface area (Å²) in [5, 5.41) is 0. The molecule has 0 spiro atoms. The smallest absolute Gasteiger partial charge is 0.0209 e. The van der Waals surface area contributed by atoms with Crippen LogP contribution in [0.25, 0.3) is 0 Å². The van der Waals surface area contributed by atoms with Crippen LogP contribution in [-0.2, 0) is 0 Å². The first kappa shape index (κ1) is 6.55. The molecular formula is C6H3BrI. The molecule has 8 heavy (non-hydrogen) atoms. The van der Waals surface area contributed by atoms with Gasteiger partial charge in [-0.05, 0) is 46.9 Å². The fourth-order valence-corrected chi connectivity index (χ4v) is 0.969. The van der Waals surface area contributed by atoms with E-state index in [1.54, 1.807) is 0 Å². The summed E-state index contributed by atoms with van der Waals surface area (Å²) in [6.07, 6.45) is 0. The molecule has 0 fully saturated rings. The summed E-state index contributed by atoms with van der Waals surface area (Å²) in [5.74, 6) is 0. The molecule has 0 aliphatic rings. The Morgan fingerprint density at radius 2 is 2.25 bits per heavy atom. The average Bonchev–Trinajstić information content (AvgIpc) is 1.77. The Balaban J connectivity index is 3.03. The Labute approximate surface area is 70.6 Å². The molecule has 0 N–H and O–H groups in total. The molecule has 0 amide bonds. The van der Waals surface area contributed by atoms with E-state index in [1.807, 2.05) is 18.2 Å². The predicted octanol–water partition coefficient (Wildman–Crippen LogP) is 2.85. The van der Waals surface area contributed by atoms with E-state index in [2.05, 4.69) is 44.6 Å². The van der Waals surface area contributed by atoms with Gasteiger partial charge in [0.1, 0.15) is 0 Å². The quantitative estimate of drug-likeness (QED) is 0.642. The van der Waals surface area contributed by atoms with Crippen molar-refractivity contribution < 1.29 is 0 Å². The van der Waals surface area contributed by atoms with Crippen molar-refractivity contribution in [2.75, 3.05) is 0 Å². The van der Waals surface area contributed by atoms with Crippen LogP contribution >= 0.6 is 38.5 Å². The van der Waals surface area contributed by atoms with Crippen LogP contribution in [0.4, 0.5) is 0 Å². The third-order valence-electron chi connectivity index (χ3n) is 0.737. The lowest BCUT2D eigenvalue weighted by Crippen LogP contribution is -1.66. The second-order valence-electron chi connectivity index (χ2n) is 1.35. The summed E-state index contributed by atoms with van der Waals surface area (Å²) < 4.78 is 2.23. The zero-order chi connectivity index (χ0) is 5.98. The van der Waals surface area contributed by atoms with Gasteiger partial charge in [0.05, 0.1) is 0 Å². The first-order valence-corrected chi connectivity index (χ1v) is 3.99. The highest BCUT2D eigenvalue weighted by molar-refractivity contribution is 14.1. The fraction of sp³-hybridized carbons (Fsp3) is 0. The maximum Gasteiger partial charge on any atom is 0.0209 e. The molecule has 0 atom stereocenters. The molecule has 1 aromatic carbocycles. The van der Waals surface area contributed by atoms with Crippen LogP contribution in [0.2, 0.25) is 0 Å². The van der Waals surface area contributed by atoms with E-state index in [1.165, 1.54) is 0 Å². The molecule has 0 unspecified atom stereocenters. The summed E-state index contributed by atoms with van der Waals surface area (Å²) >= 11 is 5.53. The summed E-state index contributed by atoms with van der Waals surface area (Å²) in [5.41, 5.74) is 0. The SMILES string of the molecule is Brc1c[c]c(I)cc1. The Hall–Kier alpha value is 0.430. The Morgan fingerprint density at radius 1 is 1.50 bits per heavy atom. The van der Waals surface area contributed by atoms with Gasteiger partial charge in [-0.3, -0.25) is 0 Å². The molecule has 1 radical (unpaired) electrons. The van der Waals surface area contributed by atoms with E-state index in [4.69, 9.17) is 0 Å². The molecule has 1 aromatic rings. The Kier molecular flexibility index (Phi) is 2.31.